The maximum absolute atomic E-state index is 13.2. The van der Waals surface area contributed by atoms with Crippen molar-refractivity contribution in [1.82, 2.24) is 10.6 Å². The second kappa shape index (κ2) is 15.4. The van der Waals surface area contributed by atoms with Crippen LogP contribution in [0.3, 0.4) is 0 Å². The van der Waals surface area contributed by atoms with Gasteiger partial charge in [-0.3, -0.25) is 4.79 Å². The number of nitrogens with one attached hydrogen (secondary N) is 2. The molecule has 2 N–H and O–H groups in total. The molecule has 0 unspecified atom stereocenters. The number of benzene rings is 2. The van der Waals surface area contributed by atoms with Crippen LogP contribution in [-0.2, 0) is 11.2 Å². The second-order valence-corrected chi connectivity index (χ2v) is 10.2. The number of amides is 1. The van der Waals surface area contributed by atoms with Gasteiger partial charge in [-0.05, 0) is 85.9 Å². The van der Waals surface area contributed by atoms with Crippen LogP contribution in [0.15, 0.2) is 42.5 Å². The van der Waals surface area contributed by atoms with Crippen molar-refractivity contribution in [2.75, 3.05) is 18.6 Å². The van der Waals surface area contributed by atoms with Gasteiger partial charge in [0.1, 0.15) is 0 Å². The number of carboxylic acid groups (broad SMARTS) is 1. The van der Waals surface area contributed by atoms with Gasteiger partial charge in [0.2, 0.25) is 0 Å². The molecule has 0 heterocycles. The number of aryl methyl sites for hydroxylation is 2. The third-order valence-corrected chi connectivity index (χ3v) is 7.29. The summed E-state index contributed by atoms with van der Waals surface area (Å²) in [5, 5.41) is 17.9. The van der Waals surface area contributed by atoms with Gasteiger partial charge in [0.05, 0.1) is 12.0 Å². The van der Waals surface area contributed by atoms with Gasteiger partial charge in [-0.2, -0.15) is 11.8 Å². The molecule has 1 aliphatic carbocycles. The van der Waals surface area contributed by atoms with Gasteiger partial charge in [-0.1, -0.05) is 55.7 Å². The number of aliphatic carboxylic acids is 1. The third-order valence-electron chi connectivity index (χ3n) is 6.64. The van der Waals surface area contributed by atoms with Crippen LogP contribution in [0.4, 0.5) is 0 Å². The molecule has 3 rings (SSSR count). The summed E-state index contributed by atoms with van der Waals surface area (Å²) in [5.41, 5.74) is 4.58. The molecule has 0 aliphatic heterocycles. The number of thioether (sulfide) groups is 1. The fraction of sp³-hybridized carbons (Fsp3) is 0.500. The monoisotopic (exact) mass is 488 g/mol. The van der Waals surface area contributed by atoms with Gasteiger partial charge >= 0.3 is 18.9 Å². The molecule has 0 spiro atoms. The molecule has 0 saturated heterocycles. The maximum atomic E-state index is 13.2. The van der Waals surface area contributed by atoms with E-state index >= 15 is 0 Å². The maximum Gasteiger partial charge on any atom is 1.00 e. The molecule has 35 heavy (non-hydrogen) atoms. The van der Waals surface area contributed by atoms with Crippen molar-refractivity contribution >= 4 is 23.6 Å². The number of carbonyl (C=O) groups excluding carboxylic acids is 2. The molecule has 7 heteroatoms. The SMILES string of the molecule is CSCC[C@H](NC(=O)c1ccc(CCCNC2CCCCC2)cc1-c1ccccc1C)C(=O)[O-].[Li+]. The largest absolute Gasteiger partial charge is 1.00 e. The Balaban J connectivity index is 0.00000432. The van der Waals surface area contributed by atoms with E-state index in [4.69, 9.17) is 0 Å². The summed E-state index contributed by atoms with van der Waals surface area (Å²) in [4.78, 5) is 24.7. The molecule has 0 bridgehead atoms. The van der Waals surface area contributed by atoms with E-state index < -0.39 is 12.0 Å². The number of hydrogen-bond acceptors (Lipinski definition) is 5. The Morgan fingerprint density at radius 1 is 1.09 bits per heavy atom. The average Bonchev–Trinajstić information content (AvgIpc) is 2.85. The molecule has 0 radical (unpaired) electrons. The van der Waals surface area contributed by atoms with Gasteiger partial charge in [-0.25, -0.2) is 0 Å². The van der Waals surface area contributed by atoms with Crippen LogP contribution in [-0.4, -0.2) is 42.5 Å². The zero-order chi connectivity index (χ0) is 24.3. The molecule has 0 aromatic heterocycles. The first kappa shape index (κ1) is 29.5. The number of carboxylic acids is 1. The van der Waals surface area contributed by atoms with Gasteiger partial charge in [0.25, 0.3) is 5.91 Å². The van der Waals surface area contributed by atoms with Crippen molar-refractivity contribution < 1.29 is 33.6 Å². The summed E-state index contributed by atoms with van der Waals surface area (Å²) in [6.45, 7) is 3.02. The summed E-state index contributed by atoms with van der Waals surface area (Å²) in [6.07, 6.45) is 10.8. The number of rotatable bonds is 12. The van der Waals surface area contributed by atoms with Gasteiger partial charge in [0.15, 0.2) is 0 Å². The van der Waals surface area contributed by atoms with Crippen LogP contribution in [0.1, 0.15) is 66.4 Å². The van der Waals surface area contributed by atoms with Crippen LogP contribution in [0, 0.1) is 6.92 Å². The second-order valence-electron chi connectivity index (χ2n) is 9.21. The minimum absolute atomic E-state index is 0. The number of hydrogen-bond donors (Lipinski definition) is 2. The van der Waals surface area contributed by atoms with Crippen molar-refractivity contribution in [3.63, 3.8) is 0 Å². The fourth-order valence-electron chi connectivity index (χ4n) is 4.67. The first-order valence-corrected chi connectivity index (χ1v) is 13.8. The van der Waals surface area contributed by atoms with E-state index in [9.17, 15) is 14.7 Å². The Morgan fingerprint density at radius 3 is 2.51 bits per heavy atom. The van der Waals surface area contributed by atoms with Crippen LogP contribution < -0.4 is 34.6 Å². The molecule has 1 atom stereocenters. The summed E-state index contributed by atoms with van der Waals surface area (Å²) in [5.74, 6) is -0.988. The van der Waals surface area contributed by atoms with Gasteiger partial charge in [0, 0.05) is 11.6 Å². The van der Waals surface area contributed by atoms with E-state index in [-0.39, 0.29) is 24.8 Å². The van der Waals surface area contributed by atoms with Crippen LogP contribution in [0.25, 0.3) is 11.1 Å². The van der Waals surface area contributed by atoms with Gasteiger partial charge in [-0.15, -0.1) is 0 Å². The van der Waals surface area contributed by atoms with Crippen molar-refractivity contribution in [2.45, 2.75) is 70.4 Å². The Kier molecular flexibility index (Phi) is 13.0. The molecule has 1 saturated carbocycles. The minimum atomic E-state index is -1.25. The van der Waals surface area contributed by atoms with E-state index in [1.807, 2.05) is 49.6 Å². The molecule has 5 nitrogen and oxygen atoms in total. The normalized spacial score (nSPS) is 14.7. The predicted octanol–water partition coefficient (Wildman–Crippen LogP) is 1.12. The summed E-state index contributed by atoms with van der Waals surface area (Å²) < 4.78 is 0. The molecule has 1 amide bonds. The Bertz CT molecular complexity index is 963. The zero-order valence-electron chi connectivity index (χ0n) is 21.4. The Hall–Kier alpha value is -1.71. The molecule has 184 valence electrons. The van der Waals surface area contributed by atoms with E-state index in [1.54, 1.807) is 11.8 Å². The van der Waals surface area contributed by atoms with Crippen LogP contribution in [0.5, 0.6) is 0 Å². The molecule has 1 fully saturated rings. The van der Waals surface area contributed by atoms with Crippen LogP contribution in [0.2, 0.25) is 0 Å². The first-order valence-electron chi connectivity index (χ1n) is 12.4. The van der Waals surface area contributed by atoms with E-state index in [2.05, 4.69) is 16.7 Å². The minimum Gasteiger partial charge on any atom is -0.548 e. The van der Waals surface area contributed by atoms with Crippen molar-refractivity contribution in [3.8, 4) is 11.1 Å². The predicted molar refractivity (Wildman–Crippen MR) is 139 cm³/mol. The molecule has 2 aromatic carbocycles. The van der Waals surface area contributed by atoms with Crippen molar-refractivity contribution in [1.29, 1.82) is 0 Å². The fourth-order valence-corrected chi connectivity index (χ4v) is 5.14. The quantitative estimate of drug-likeness (QED) is 0.346. The number of carbonyl (C=O) groups is 2. The van der Waals surface area contributed by atoms with Gasteiger partial charge < -0.3 is 20.5 Å². The zero-order valence-corrected chi connectivity index (χ0v) is 22.2. The molecular weight excluding hydrogens is 451 g/mol. The topological polar surface area (TPSA) is 81.3 Å². The summed E-state index contributed by atoms with van der Waals surface area (Å²) >= 11 is 1.54. The van der Waals surface area contributed by atoms with Crippen molar-refractivity contribution in [3.05, 3.63) is 59.2 Å². The van der Waals surface area contributed by atoms with Crippen molar-refractivity contribution in [2.24, 2.45) is 0 Å². The Morgan fingerprint density at radius 2 is 1.83 bits per heavy atom. The summed E-state index contributed by atoms with van der Waals surface area (Å²) in [7, 11) is 0. The molecular formula is C28H37LiN2O3S. The standard InChI is InChI=1S/C28H38N2O3S.Li/c1-20-9-6-7-13-23(20)25-19-21(10-8-17-29-22-11-4-3-5-12-22)14-15-24(25)27(31)30-26(28(32)33)16-18-34-2;/h6-7,9,13-15,19,22,26,29H,3-5,8,10-12,16-18H2,1-2H3,(H,30,31)(H,32,33);/q;+1/p-1/t26-;/m0./s1. The Labute approximate surface area is 226 Å². The van der Waals surface area contributed by atoms with E-state index in [0.29, 0.717) is 23.8 Å². The smallest absolute Gasteiger partial charge is 0.548 e. The van der Waals surface area contributed by atoms with E-state index in [0.717, 1.165) is 36.1 Å². The third kappa shape index (κ3) is 9.02. The van der Waals surface area contributed by atoms with Crippen LogP contribution >= 0.6 is 11.8 Å². The average molecular weight is 489 g/mol. The molecule has 1 aliphatic rings. The summed E-state index contributed by atoms with van der Waals surface area (Å²) in [6, 6.07) is 13.6. The first-order chi connectivity index (χ1) is 16.5. The molecule has 2 aromatic rings. The van der Waals surface area contributed by atoms with E-state index in [1.165, 1.54) is 37.7 Å².